The van der Waals surface area contributed by atoms with E-state index in [0.717, 1.165) is 11.3 Å². The van der Waals surface area contributed by atoms with Crippen molar-refractivity contribution in [3.8, 4) is 5.75 Å². The van der Waals surface area contributed by atoms with Gasteiger partial charge in [0.15, 0.2) is 5.75 Å². The van der Waals surface area contributed by atoms with Crippen LogP contribution in [0.4, 0.5) is 5.69 Å². The molecule has 1 aliphatic heterocycles. The highest BCUT2D eigenvalue weighted by Gasteiger charge is 2.32. The molecule has 1 saturated heterocycles. The molecule has 0 atom stereocenters. The van der Waals surface area contributed by atoms with Crippen molar-refractivity contribution in [1.29, 1.82) is 0 Å². The number of anilines is 1. The zero-order valence-corrected chi connectivity index (χ0v) is 18.0. The Hall–Kier alpha value is -1.18. The molecule has 0 amide bonds. The molecule has 1 fully saturated rings. The Balaban J connectivity index is 1.81. The molecule has 0 bridgehead atoms. The van der Waals surface area contributed by atoms with Gasteiger partial charge in [0.2, 0.25) is 10.0 Å². The summed E-state index contributed by atoms with van der Waals surface area (Å²) in [5.41, 5.74) is 1.99. The number of ether oxygens (including phenoxy) is 1. The van der Waals surface area contributed by atoms with Crippen LogP contribution in [0.2, 0.25) is 15.1 Å². The van der Waals surface area contributed by atoms with E-state index in [1.54, 1.807) is 0 Å². The molecule has 0 N–H and O–H groups in total. The van der Waals surface area contributed by atoms with Gasteiger partial charge in [0.1, 0.15) is 9.92 Å². The van der Waals surface area contributed by atoms with E-state index in [2.05, 4.69) is 4.90 Å². The lowest BCUT2D eigenvalue weighted by atomic mass is 10.2. The predicted molar refractivity (Wildman–Crippen MR) is 110 cm³/mol. The molecule has 0 saturated carbocycles. The van der Waals surface area contributed by atoms with Crippen LogP contribution in [0.3, 0.4) is 0 Å². The average molecular weight is 450 g/mol. The Labute approximate surface area is 174 Å². The maximum atomic E-state index is 13.1. The van der Waals surface area contributed by atoms with Crippen LogP contribution in [0.5, 0.6) is 5.75 Å². The molecule has 0 radical (unpaired) electrons. The van der Waals surface area contributed by atoms with Gasteiger partial charge >= 0.3 is 0 Å². The summed E-state index contributed by atoms with van der Waals surface area (Å²) >= 11 is 18.3. The highest BCUT2D eigenvalue weighted by molar-refractivity contribution is 7.89. The molecule has 0 spiro atoms. The minimum absolute atomic E-state index is 0.0197. The fourth-order valence-corrected chi connectivity index (χ4v) is 5.22. The second-order valence-electron chi connectivity index (χ2n) is 6.22. The van der Waals surface area contributed by atoms with Crippen LogP contribution in [-0.4, -0.2) is 46.0 Å². The number of methoxy groups -OCH3 is 1. The maximum absolute atomic E-state index is 13.1. The summed E-state index contributed by atoms with van der Waals surface area (Å²) in [6.07, 6.45) is 0. The van der Waals surface area contributed by atoms with Crippen molar-refractivity contribution in [2.45, 2.75) is 11.8 Å². The molecule has 3 rings (SSSR count). The van der Waals surface area contributed by atoms with E-state index in [1.165, 1.54) is 23.5 Å². The van der Waals surface area contributed by atoms with Crippen LogP contribution in [0.25, 0.3) is 0 Å². The third-order valence-corrected chi connectivity index (χ3v) is 7.71. The zero-order valence-electron chi connectivity index (χ0n) is 14.9. The third kappa shape index (κ3) is 4.00. The molecule has 5 nitrogen and oxygen atoms in total. The van der Waals surface area contributed by atoms with E-state index < -0.39 is 10.0 Å². The molecule has 0 unspecified atom stereocenters. The lowest BCUT2D eigenvalue weighted by Gasteiger charge is -2.35. The van der Waals surface area contributed by atoms with Gasteiger partial charge < -0.3 is 9.64 Å². The van der Waals surface area contributed by atoms with E-state index in [4.69, 9.17) is 39.5 Å². The van der Waals surface area contributed by atoms with Crippen LogP contribution in [0.1, 0.15) is 5.56 Å². The molecule has 2 aromatic carbocycles. The van der Waals surface area contributed by atoms with Crippen molar-refractivity contribution in [3.63, 3.8) is 0 Å². The smallest absolute Gasteiger partial charge is 0.246 e. The Bertz CT molecular complexity index is 959. The van der Waals surface area contributed by atoms with Crippen molar-refractivity contribution in [1.82, 2.24) is 4.31 Å². The van der Waals surface area contributed by atoms with E-state index in [1.807, 2.05) is 25.1 Å². The first-order chi connectivity index (χ1) is 12.8. The number of benzene rings is 2. The summed E-state index contributed by atoms with van der Waals surface area (Å²) in [6.45, 7) is 3.75. The quantitative estimate of drug-likeness (QED) is 0.691. The largest absolute Gasteiger partial charge is 0.494 e. The van der Waals surface area contributed by atoms with Gasteiger partial charge in [-0.1, -0.05) is 40.9 Å². The molecule has 27 heavy (non-hydrogen) atoms. The summed E-state index contributed by atoms with van der Waals surface area (Å²) in [4.78, 5) is 2.13. The Morgan fingerprint density at radius 1 is 0.963 bits per heavy atom. The number of piperazine rings is 1. The average Bonchev–Trinajstić information content (AvgIpc) is 2.66. The number of sulfonamides is 1. The van der Waals surface area contributed by atoms with Crippen molar-refractivity contribution in [2.24, 2.45) is 0 Å². The van der Waals surface area contributed by atoms with E-state index >= 15 is 0 Å². The van der Waals surface area contributed by atoms with Gasteiger partial charge in [0, 0.05) is 36.9 Å². The van der Waals surface area contributed by atoms with E-state index in [0.29, 0.717) is 31.2 Å². The lowest BCUT2D eigenvalue weighted by molar-refractivity contribution is 0.374. The fourth-order valence-electron chi connectivity index (χ4n) is 3.01. The molecular formula is C18H19Cl3N2O3S. The minimum atomic E-state index is -3.75. The van der Waals surface area contributed by atoms with E-state index in [-0.39, 0.29) is 20.7 Å². The third-order valence-electron chi connectivity index (χ3n) is 4.60. The van der Waals surface area contributed by atoms with Gasteiger partial charge in [-0.2, -0.15) is 4.31 Å². The highest BCUT2D eigenvalue weighted by Crippen LogP contribution is 2.38. The first kappa shape index (κ1) is 20.6. The van der Waals surface area contributed by atoms with Gasteiger partial charge in [-0.3, -0.25) is 0 Å². The van der Waals surface area contributed by atoms with Crippen molar-refractivity contribution >= 4 is 50.5 Å². The van der Waals surface area contributed by atoms with Crippen molar-refractivity contribution < 1.29 is 13.2 Å². The number of hydrogen-bond donors (Lipinski definition) is 0. The number of aryl methyl sites for hydroxylation is 1. The summed E-state index contributed by atoms with van der Waals surface area (Å²) in [5.74, 6) is 0.0666. The van der Waals surface area contributed by atoms with E-state index in [9.17, 15) is 8.42 Å². The standard InChI is InChI=1S/C18H19Cl3N2O3S/c1-12-3-4-13(11-15(12)20)22-7-9-23(10-8-22)27(24,25)16-6-5-14(19)17(21)18(16)26-2/h3-6,11H,7-10H2,1-2H3. The Kier molecular flexibility index (Phi) is 6.13. The first-order valence-electron chi connectivity index (χ1n) is 8.29. The molecule has 2 aromatic rings. The Morgan fingerprint density at radius 2 is 1.63 bits per heavy atom. The lowest BCUT2D eigenvalue weighted by Crippen LogP contribution is -2.48. The second kappa shape index (κ2) is 8.05. The SMILES string of the molecule is COc1c(S(=O)(=O)N2CCN(c3ccc(C)c(Cl)c3)CC2)ccc(Cl)c1Cl. The molecule has 1 aliphatic rings. The Morgan fingerprint density at radius 3 is 2.22 bits per heavy atom. The summed E-state index contributed by atoms with van der Waals surface area (Å²) in [7, 11) is -2.38. The highest BCUT2D eigenvalue weighted by atomic mass is 35.5. The van der Waals surface area contributed by atoms with Crippen LogP contribution in [0, 0.1) is 6.92 Å². The summed E-state index contributed by atoms with van der Waals surface area (Å²) < 4.78 is 32.8. The second-order valence-corrected chi connectivity index (χ2v) is 9.32. The fraction of sp³-hybridized carbons (Fsp3) is 0.333. The van der Waals surface area contributed by atoms with Crippen molar-refractivity contribution in [3.05, 3.63) is 51.0 Å². The van der Waals surface area contributed by atoms with Gasteiger partial charge in [-0.05, 0) is 36.8 Å². The van der Waals surface area contributed by atoms with Crippen LogP contribution >= 0.6 is 34.8 Å². The van der Waals surface area contributed by atoms with Crippen LogP contribution in [0.15, 0.2) is 35.2 Å². The molecule has 0 aromatic heterocycles. The summed E-state index contributed by atoms with van der Waals surface area (Å²) in [5, 5.41) is 1.03. The molecule has 1 heterocycles. The number of rotatable bonds is 4. The van der Waals surface area contributed by atoms with Crippen molar-refractivity contribution in [2.75, 3.05) is 38.2 Å². The molecule has 146 valence electrons. The molecule has 9 heteroatoms. The van der Waals surface area contributed by atoms with Gasteiger partial charge in [-0.15, -0.1) is 0 Å². The first-order valence-corrected chi connectivity index (χ1v) is 10.9. The predicted octanol–water partition coefficient (Wildman–Crippen LogP) is 4.47. The monoisotopic (exact) mass is 448 g/mol. The molecule has 0 aliphatic carbocycles. The number of halogens is 3. The number of nitrogens with zero attached hydrogens (tertiary/aromatic N) is 2. The van der Waals surface area contributed by atoms with Crippen LogP contribution in [-0.2, 0) is 10.0 Å². The topological polar surface area (TPSA) is 49.9 Å². The maximum Gasteiger partial charge on any atom is 0.246 e. The van der Waals surface area contributed by atoms with Gasteiger partial charge in [0.05, 0.1) is 12.1 Å². The number of hydrogen-bond acceptors (Lipinski definition) is 4. The minimum Gasteiger partial charge on any atom is -0.494 e. The van der Waals surface area contributed by atoms with Gasteiger partial charge in [0.25, 0.3) is 0 Å². The summed E-state index contributed by atoms with van der Waals surface area (Å²) in [6, 6.07) is 8.75. The van der Waals surface area contributed by atoms with Crippen LogP contribution < -0.4 is 9.64 Å². The molecular weight excluding hydrogens is 431 g/mol. The van der Waals surface area contributed by atoms with Gasteiger partial charge in [-0.25, -0.2) is 8.42 Å². The zero-order chi connectivity index (χ0) is 19.8. The normalized spacial score (nSPS) is 15.8.